The van der Waals surface area contributed by atoms with Crippen LogP contribution in [0.2, 0.25) is 0 Å². The molecule has 0 radical (unpaired) electrons. The largest absolute Gasteiger partial charge is 0.452 e. The van der Waals surface area contributed by atoms with Gasteiger partial charge in [0, 0.05) is 16.5 Å². The minimum absolute atomic E-state index is 0.131. The number of carbonyl (C=O) groups is 3. The van der Waals surface area contributed by atoms with Crippen molar-refractivity contribution in [1.82, 2.24) is 4.98 Å². The van der Waals surface area contributed by atoms with E-state index in [-0.39, 0.29) is 11.3 Å². The Balaban J connectivity index is 1.56. The number of hydrogen-bond donors (Lipinski definition) is 1. The number of esters is 1. The summed E-state index contributed by atoms with van der Waals surface area (Å²) in [4.78, 5) is 40.3. The van der Waals surface area contributed by atoms with Crippen molar-refractivity contribution < 1.29 is 19.1 Å². The number of ether oxygens (including phenoxy) is 1. The molecule has 1 aromatic heterocycles. The molecule has 6 nitrogen and oxygen atoms in total. The van der Waals surface area contributed by atoms with E-state index in [4.69, 9.17) is 4.74 Å². The summed E-state index contributed by atoms with van der Waals surface area (Å²) in [5.74, 6) is -1.23. The first-order chi connectivity index (χ1) is 13.0. The van der Waals surface area contributed by atoms with Crippen molar-refractivity contribution >= 4 is 34.1 Å². The van der Waals surface area contributed by atoms with Crippen LogP contribution in [0.25, 0.3) is 0 Å². The molecule has 0 saturated carbocycles. The van der Waals surface area contributed by atoms with Crippen LogP contribution in [-0.2, 0) is 9.53 Å². The van der Waals surface area contributed by atoms with E-state index in [2.05, 4.69) is 10.3 Å². The lowest BCUT2D eigenvalue weighted by molar-refractivity contribution is -0.119. The fraction of sp³-hybridized carbons (Fsp3) is 0.100. The Kier molecular flexibility index (Phi) is 5.73. The highest BCUT2D eigenvalue weighted by atomic mass is 32.1. The summed E-state index contributed by atoms with van der Waals surface area (Å²) < 4.78 is 4.99. The molecule has 1 heterocycles. The highest BCUT2D eigenvalue weighted by Gasteiger charge is 2.13. The highest BCUT2D eigenvalue weighted by molar-refractivity contribution is 7.13. The molecular formula is C20H16N2O4S. The van der Waals surface area contributed by atoms with Crippen LogP contribution in [0.4, 0.5) is 5.13 Å². The minimum atomic E-state index is -0.640. The molecule has 3 rings (SSSR count). The van der Waals surface area contributed by atoms with E-state index < -0.39 is 18.5 Å². The lowest BCUT2D eigenvalue weighted by Crippen LogP contribution is -2.20. The smallest absolute Gasteiger partial charge is 0.338 e. The molecule has 0 fully saturated rings. The molecule has 1 amide bonds. The second-order valence-corrected chi connectivity index (χ2v) is 6.55. The number of amides is 1. The zero-order valence-corrected chi connectivity index (χ0v) is 15.3. The molecule has 27 heavy (non-hydrogen) atoms. The first-order valence-corrected chi connectivity index (χ1v) is 9.00. The summed E-state index contributed by atoms with van der Waals surface area (Å²) in [7, 11) is 0. The van der Waals surface area contributed by atoms with Gasteiger partial charge in [0.15, 0.2) is 17.5 Å². The van der Waals surface area contributed by atoms with Crippen molar-refractivity contribution in [2.45, 2.75) is 6.92 Å². The van der Waals surface area contributed by atoms with Gasteiger partial charge in [-0.15, -0.1) is 11.3 Å². The Morgan fingerprint density at radius 2 is 1.59 bits per heavy atom. The molecule has 7 heteroatoms. The fourth-order valence-electron chi connectivity index (χ4n) is 2.30. The molecule has 0 aliphatic rings. The van der Waals surface area contributed by atoms with E-state index in [1.165, 1.54) is 23.5 Å². The summed E-state index contributed by atoms with van der Waals surface area (Å²) in [5, 5.41) is 4.82. The van der Waals surface area contributed by atoms with Gasteiger partial charge in [-0.2, -0.15) is 0 Å². The summed E-state index contributed by atoms with van der Waals surface area (Å²) in [5.41, 5.74) is 2.10. The van der Waals surface area contributed by atoms with Crippen LogP contribution in [0.5, 0.6) is 0 Å². The molecule has 1 N–H and O–H groups in total. The topological polar surface area (TPSA) is 85.4 Å². The van der Waals surface area contributed by atoms with Crippen LogP contribution >= 0.6 is 11.3 Å². The van der Waals surface area contributed by atoms with Gasteiger partial charge in [-0.05, 0) is 19.1 Å². The summed E-state index contributed by atoms with van der Waals surface area (Å²) in [6.07, 6.45) is 0. The molecule has 136 valence electrons. The third-order valence-corrected chi connectivity index (χ3v) is 4.49. The second kappa shape index (κ2) is 8.37. The molecule has 0 aliphatic heterocycles. The lowest BCUT2D eigenvalue weighted by Gasteiger charge is -2.06. The third-order valence-electron chi connectivity index (χ3n) is 3.62. The molecule has 0 aliphatic carbocycles. The normalized spacial score (nSPS) is 10.3. The van der Waals surface area contributed by atoms with Gasteiger partial charge in [-0.1, -0.05) is 42.5 Å². The molecule has 0 spiro atoms. The predicted octanol–water partition coefficient (Wildman–Crippen LogP) is 3.48. The number of aromatic nitrogens is 1. The Bertz CT molecular complexity index is 965. The van der Waals surface area contributed by atoms with Gasteiger partial charge >= 0.3 is 5.97 Å². The third kappa shape index (κ3) is 4.86. The molecule has 3 aromatic rings. The van der Waals surface area contributed by atoms with Gasteiger partial charge in [0.05, 0.1) is 11.3 Å². The van der Waals surface area contributed by atoms with Gasteiger partial charge in [0.2, 0.25) is 0 Å². The van der Waals surface area contributed by atoms with Crippen LogP contribution in [0.15, 0.2) is 60.0 Å². The monoisotopic (exact) mass is 380 g/mol. The van der Waals surface area contributed by atoms with Crippen molar-refractivity contribution in [3.63, 3.8) is 0 Å². The van der Waals surface area contributed by atoms with Gasteiger partial charge in [-0.25, -0.2) is 9.78 Å². The van der Waals surface area contributed by atoms with Crippen LogP contribution < -0.4 is 5.32 Å². The van der Waals surface area contributed by atoms with Crippen molar-refractivity contribution in [1.29, 1.82) is 0 Å². The van der Waals surface area contributed by atoms with Crippen LogP contribution in [-0.4, -0.2) is 29.3 Å². The molecule has 0 bridgehead atoms. The Morgan fingerprint density at radius 1 is 0.963 bits per heavy atom. The number of hydrogen-bond acceptors (Lipinski definition) is 6. The minimum Gasteiger partial charge on any atom is -0.452 e. The first kappa shape index (κ1) is 18.5. The average Bonchev–Trinajstić information content (AvgIpc) is 3.11. The van der Waals surface area contributed by atoms with E-state index in [1.54, 1.807) is 41.8 Å². The zero-order chi connectivity index (χ0) is 19.2. The number of nitrogens with one attached hydrogen (secondary N) is 1. The number of carbonyl (C=O) groups excluding carboxylic acids is 3. The van der Waals surface area contributed by atoms with Gasteiger partial charge in [0.1, 0.15) is 0 Å². The summed E-state index contributed by atoms with van der Waals surface area (Å²) in [6.45, 7) is 1.40. The predicted molar refractivity (Wildman–Crippen MR) is 102 cm³/mol. The molecule has 0 saturated heterocycles. The average molecular weight is 380 g/mol. The second-order valence-electron chi connectivity index (χ2n) is 5.69. The first-order valence-electron chi connectivity index (χ1n) is 8.12. The van der Waals surface area contributed by atoms with Gasteiger partial charge in [0.25, 0.3) is 5.91 Å². The Hall–Kier alpha value is -3.32. The zero-order valence-electron chi connectivity index (χ0n) is 14.5. The molecular weight excluding hydrogens is 364 g/mol. The van der Waals surface area contributed by atoms with Crippen LogP contribution in [0.3, 0.4) is 0 Å². The molecule has 2 aromatic carbocycles. The maximum absolute atomic E-state index is 12.3. The SMILES string of the molecule is Cc1csc(NC(=O)COC(=O)c2ccc(C(=O)c3ccccc3)cc2)n1. The number of nitrogens with zero attached hydrogens (tertiary/aromatic N) is 1. The highest BCUT2D eigenvalue weighted by Crippen LogP contribution is 2.14. The van der Waals surface area contributed by atoms with Gasteiger partial charge in [-0.3, -0.25) is 14.9 Å². The van der Waals surface area contributed by atoms with Crippen molar-refractivity contribution in [2.24, 2.45) is 0 Å². The maximum Gasteiger partial charge on any atom is 0.338 e. The summed E-state index contributed by atoms with van der Waals surface area (Å²) in [6, 6.07) is 15.0. The lowest BCUT2D eigenvalue weighted by atomic mass is 10.0. The number of thiazole rings is 1. The van der Waals surface area contributed by atoms with Crippen LogP contribution in [0.1, 0.15) is 32.0 Å². The van der Waals surface area contributed by atoms with E-state index in [9.17, 15) is 14.4 Å². The maximum atomic E-state index is 12.3. The fourth-order valence-corrected chi connectivity index (χ4v) is 3.00. The number of benzene rings is 2. The van der Waals surface area contributed by atoms with Crippen molar-refractivity contribution in [3.8, 4) is 0 Å². The molecule has 0 unspecified atom stereocenters. The van der Waals surface area contributed by atoms with E-state index in [1.807, 2.05) is 13.0 Å². The number of anilines is 1. The standard InChI is InChI=1S/C20H16N2O4S/c1-13-12-27-20(21-13)22-17(23)11-26-19(25)16-9-7-15(8-10-16)18(24)14-5-3-2-4-6-14/h2-10,12H,11H2,1H3,(H,21,22,23). The molecule has 0 atom stereocenters. The van der Waals surface area contributed by atoms with E-state index in [0.29, 0.717) is 16.3 Å². The Labute approximate surface area is 159 Å². The van der Waals surface area contributed by atoms with Crippen LogP contribution in [0, 0.1) is 6.92 Å². The van der Waals surface area contributed by atoms with Crippen molar-refractivity contribution in [3.05, 3.63) is 82.4 Å². The Morgan fingerprint density at radius 3 is 2.22 bits per heavy atom. The van der Waals surface area contributed by atoms with E-state index in [0.717, 1.165) is 5.69 Å². The number of rotatable bonds is 6. The van der Waals surface area contributed by atoms with Gasteiger partial charge < -0.3 is 4.74 Å². The quantitative estimate of drug-likeness (QED) is 0.523. The van der Waals surface area contributed by atoms with E-state index >= 15 is 0 Å². The number of ketones is 1. The van der Waals surface area contributed by atoms with Crippen molar-refractivity contribution in [2.75, 3.05) is 11.9 Å². The number of aryl methyl sites for hydroxylation is 1. The summed E-state index contributed by atoms with van der Waals surface area (Å²) >= 11 is 1.30.